The van der Waals surface area contributed by atoms with Crippen LogP contribution in [0.1, 0.15) is 5.56 Å². The molecule has 0 saturated carbocycles. The average molecular weight is 261 g/mol. The molecule has 0 saturated heterocycles. The first-order valence-corrected chi connectivity index (χ1v) is 5.80. The molecule has 0 aromatic heterocycles. The largest absolute Gasteiger partial charge is 0.416 e. The number of rotatable bonds is 2. The Bertz CT molecular complexity index is 565. The number of benzene rings is 1. The molecule has 0 atom stereocenters. The van der Waals surface area contributed by atoms with Gasteiger partial charge in [-0.2, -0.15) is 18.4 Å². The molecule has 17 heavy (non-hydrogen) atoms. The van der Waals surface area contributed by atoms with E-state index >= 15 is 0 Å². The Labute approximate surface area is 95.7 Å². The molecule has 0 spiro atoms. The summed E-state index contributed by atoms with van der Waals surface area (Å²) in [6.45, 7) is 0. The second-order valence-corrected chi connectivity index (χ2v) is 4.83. The van der Waals surface area contributed by atoms with E-state index in [1.807, 2.05) is 0 Å². The van der Waals surface area contributed by atoms with E-state index in [4.69, 9.17) is 5.26 Å². The monoisotopic (exact) mass is 261 g/mol. The van der Waals surface area contributed by atoms with Crippen molar-refractivity contribution in [3.8, 4) is 6.07 Å². The van der Waals surface area contributed by atoms with E-state index < -0.39 is 21.6 Å². The van der Waals surface area contributed by atoms with Crippen LogP contribution in [-0.2, 0) is 16.0 Å². The second-order valence-electron chi connectivity index (χ2n) is 3.00. The summed E-state index contributed by atoms with van der Waals surface area (Å²) in [7, 11) is -3.86. The zero-order valence-corrected chi connectivity index (χ0v) is 9.09. The quantitative estimate of drug-likeness (QED) is 0.768. The molecule has 0 unspecified atom stereocenters. The fourth-order valence-corrected chi connectivity index (χ4v) is 1.94. The zero-order chi connectivity index (χ0) is 13.1. The lowest BCUT2D eigenvalue weighted by atomic mass is 10.2. The highest BCUT2D eigenvalue weighted by atomic mass is 32.2. The molecule has 1 aromatic rings. The summed E-state index contributed by atoms with van der Waals surface area (Å²) in [5.41, 5.74) is -0.930. The van der Waals surface area contributed by atoms with Gasteiger partial charge in [-0.1, -0.05) is 0 Å². The van der Waals surface area contributed by atoms with Crippen molar-refractivity contribution in [1.29, 1.82) is 5.26 Å². The number of nitrogens with zero attached hydrogens (tertiary/aromatic N) is 1. The number of sulfone groups is 1. The summed E-state index contributed by atoms with van der Waals surface area (Å²) in [6, 6.07) is 4.53. The first-order chi connectivity index (χ1) is 7.77. The predicted molar refractivity (Wildman–Crippen MR) is 53.4 cm³/mol. The van der Waals surface area contributed by atoms with Crippen molar-refractivity contribution in [2.75, 3.05) is 0 Å². The highest BCUT2D eigenvalue weighted by molar-refractivity contribution is 7.94. The number of allylic oxidation sites excluding steroid dienone is 1. The smallest absolute Gasteiger partial charge is 0.219 e. The van der Waals surface area contributed by atoms with Gasteiger partial charge in [-0.05, 0) is 24.3 Å². The van der Waals surface area contributed by atoms with Gasteiger partial charge in [0.25, 0.3) is 0 Å². The Kier molecular flexibility index (Phi) is 3.58. The van der Waals surface area contributed by atoms with E-state index in [9.17, 15) is 21.6 Å². The molecule has 3 nitrogen and oxygen atoms in total. The van der Waals surface area contributed by atoms with Crippen LogP contribution in [-0.4, -0.2) is 8.42 Å². The summed E-state index contributed by atoms with van der Waals surface area (Å²) in [4.78, 5) is -0.294. The third-order valence-corrected chi connectivity index (χ3v) is 3.26. The van der Waals surface area contributed by atoms with Gasteiger partial charge in [-0.15, -0.1) is 0 Å². The summed E-state index contributed by atoms with van der Waals surface area (Å²) < 4.78 is 59.5. The fraction of sp³-hybridized carbons (Fsp3) is 0.100. The van der Waals surface area contributed by atoms with Crippen LogP contribution in [0.4, 0.5) is 13.2 Å². The van der Waals surface area contributed by atoms with Crippen molar-refractivity contribution in [1.82, 2.24) is 0 Å². The van der Waals surface area contributed by atoms with Crippen molar-refractivity contribution in [2.24, 2.45) is 0 Å². The molecule has 0 aliphatic carbocycles. The summed E-state index contributed by atoms with van der Waals surface area (Å²) in [6.07, 6.45) is -3.77. The molecule has 7 heteroatoms. The molecule has 1 aromatic carbocycles. The molecular weight excluding hydrogens is 255 g/mol. The molecule has 0 fully saturated rings. The van der Waals surface area contributed by atoms with Gasteiger partial charge < -0.3 is 0 Å². The van der Waals surface area contributed by atoms with E-state index in [2.05, 4.69) is 0 Å². The lowest BCUT2D eigenvalue weighted by Gasteiger charge is -2.06. The van der Waals surface area contributed by atoms with E-state index in [-0.39, 0.29) is 4.90 Å². The van der Waals surface area contributed by atoms with Gasteiger partial charge in [0.2, 0.25) is 9.84 Å². The average Bonchev–Trinajstić information content (AvgIpc) is 2.25. The molecule has 0 amide bonds. The van der Waals surface area contributed by atoms with Crippen molar-refractivity contribution in [2.45, 2.75) is 11.1 Å². The van der Waals surface area contributed by atoms with Gasteiger partial charge in [0, 0.05) is 11.5 Å². The molecule has 1 rings (SSSR count). The van der Waals surface area contributed by atoms with Gasteiger partial charge in [0.1, 0.15) is 0 Å². The number of hydrogen-bond donors (Lipinski definition) is 0. The SMILES string of the molecule is N#C/C=C/S(=O)(=O)c1ccc(C(F)(F)F)cc1. The molecule has 0 radical (unpaired) electrons. The summed E-state index contributed by atoms with van der Waals surface area (Å²) in [5, 5.41) is 8.81. The van der Waals surface area contributed by atoms with Gasteiger partial charge in [-0.25, -0.2) is 8.42 Å². The summed E-state index contributed by atoms with van der Waals surface area (Å²) >= 11 is 0. The van der Waals surface area contributed by atoms with Crippen molar-refractivity contribution in [3.05, 3.63) is 41.3 Å². The maximum Gasteiger partial charge on any atom is 0.416 e. The number of alkyl halides is 3. The van der Waals surface area contributed by atoms with Crippen LogP contribution in [0.25, 0.3) is 0 Å². The molecular formula is C10H6F3NO2S. The van der Waals surface area contributed by atoms with E-state index in [1.165, 1.54) is 6.07 Å². The topological polar surface area (TPSA) is 57.9 Å². The molecule has 0 aliphatic heterocycles. The Morgan fingerprint density at radius 2 is 1.71 bits per heavy atom. The van der Waals surface area contributed by atoms with Gasteiger partial charge in [0.15, 0.2) is 0 Å². The third-order valence-electron chi connectivity index (χ3n) is 1.83. The van der Waals surface area contributed by atoms with Crippen LogP contribution in [0.3, 0.4) is 0 Å². The van der Waals surface area contributed by atoms with Gasteiger partial charge >= 0.3 is 6.18 Å². The second kappa shape index (κ2) is 4.59. The zero-order valence-electron chi connectivity index (χ0n) is 8.27. The number of nitriles is 1. The maximum atomic E-state index is 12.2. The maximum absolute atomic E-state index is 12.2. The van der Waals surface area contributed by atoms with Crippen LogP contribution in [0.5, 0.6) is 0 Å². The third kappa shape index (κ3) is 3.32. The lowest BCUT2D eigenvalue weighted by Crippen LogP contribution is -2.05. The lowest BCUT2D eigenvalue weighted by molar-refractivity contribution is -0.137. The minimum absolute atomic E-state index is 0.294. The van der Waals surface area contributed by atoms with Gasteiger partial charge in [-0.3, -0.25) is 0 Å². The molecule has 0 aliphatic rings. The first kappa shape index (κ1) is 13.3. The van der Waals surface area contributed by atoms with Crippen LogP contribution >= 0.6 is 0 Å². The highest BCUT2D eigenvalue weighted by Crippen LogP contribution is 2.29. The normalized spacial score (nSPS) is 12.6. The predicted octanol–water partition coefficient (Wildman–Crippen LogP) is 2.52. The van der Waals surface area contributed by atoms with Crippen molar-refractivity contribution >= 4 is 9.84 Å². The van der Waals surface area contributed by atoms with Gasteiger partial charge in [0.05, 0.1) is 16.5 Å². The van der Waals surface area contributed by atoms with E-state index in [0.29, 0.717) is 17.5 Å². The molecule has 0 N–H and O–H groups in total. The van der Waals surface area contributed by atoms with Crippen molar-refractivity contribution < 1.29 is 21.6 Å². The summed E-state index contributed by atoms with van der Waals surface area (Å²) in [5.74, 6) is 0. The molecule has 90 valence electrons. The van der Waals surface area contributed by atoms with Crippen molar-refractivity contribution in [3.63, 3.8) is 0 Å². The number of halogens is 3. The Morgan fingerprint density at radius 1 is 1.18 bits per heavy atom. The molecule has 0 bridgehead atoms. The Morgan fingerprint density at radius 3 is 2.12 bits per heavy atom. The van der Waals surface area contributed by atoms with E-state index in [0.717, 1.165) is 18.2 Å². The first-order valence-electron chi connectivity index (χ1n) is 4.26. The van der Waals surface area contributed by atoms with Crippen LogP contribution in [0, 0.1) is 11.3 Å². The molecule has 0 heterocycles. The highest BCUT2D eigenvalue weighted by Gasteiger charge is 2.30. The Balaban J connectivity index is 3.13. The minimum Gasteiger partial charge on any atom is -0.219 e. The Hall–Kier alpha value is -1.81. The van der Waals surface area contributed by atoms with Crippen LogP contribution in [0.2, 0.25) is 0 Å². The fourth-order valence-electron chi connectivity index (χ4n) is 1.03. The standard InChI is InChI=1S/C10H6F3NO2S/c11-10(12,13)8-2-4-9(5-3-8)17(15,16)7-1-6-14/h1-5,7H/b7-1+. The van der Waals surface area contributed by atoms with Crippen LogP contribution in [0.15, 0.2) is 40.6 Å². The van der Waals surface area contributed by atoms with E-state index in [1.54, 1.807) is 0 Å². The van der Waals surface area contributed by atoms with Crippen LogP contribution < -0.4 is 0 Å². The minimum atomic E-state index is -4.51. The number of hydrogen-bond acceptors (Lipinski definition) is 3.